The van der Waals surface area contributed by atoms with E-state index in [-0.39, 0.29) is 16.5 Å². The van der Waals surface area contributed by atoms with E-state index in [0.717, 1.165) is 12.1 Å². The van der Waals surface area contributed by atoms with Crippen LogP contribution in [0.15, 0.2) is 45.7 Å². The van der Waals surface area contributed by atoms with E-state index in [4.69, 9.17) is 4.42 Å². The van der Waals surface area contributed by atoms with Crippen molar-refractivity contribution in [1.82, 2.24) is 4.98 Å². The molecule has 0 aliphatic carbocycles. The van der Waals surface area contributed by atoms with Gasteiger partial charge in [-0.1, -0.05) is 13.0 Å². The molecule has 0 aliphatic heterocycles. The number of benzene rings is 2. The zero-order chi connectivity index (χ0) is 17.3. The van der Waals surface area contributed by atoms with E-state index in [1.165, 1.54) is 30.4 Å². The van der Waals surface area contributed by atoms with Crippen LogP contribution in [0.4, 0.5) is 8.78 Å². The first-order valence-electron chi connectivity index (χ1n) is 7.15. The molecule has 1 aromatic heterocycles. The third-order valence-corrected chi connectivity index (χ3v) is 5.21. The maximum atomic E-state index is 13.2. The van der Waals surface area contributed by atoms with Gasteiger partial charge in [-0.15, -0.1) is 0 Å². The van der Waals surface area contributed by atoms with Crippen molar-refractivity contribution in [3.63, 3.8) is 0 Å². The topological polar surface area (TPSA) is 60.2 Å². The molecule has 7 heteroatoms. The molecule has 0 unspecified atom stereocenters. The van der Waals surface area contributed by atoms with Crippen LogP contribution in [0.3, 0.4) is 0 Å². The number of hydrogen-bond acceptors (Lipinski definition) is 4. The van der Waals surface area contributed by atoms with E-state index in [0.29, 0.717) is 16.7 Å². The predicted molar refractivity (Wildman–Crippen MR) is 87.0 cm³/mol. The largest absolute Gasteiger partial charge is 0.437 e. The van der Waals surface area contributed by atoms with Gasteiger partial charge in [-0.25, -0.2) is 22.2 Å². The molecule has 0 atom stereocenters. The van der Waals surface area contributed by atoms with Crippen molar-refractivity contribution in [1.29, 1.82) is 0 Å². The van der Waals surface area contributed by atoms with Crippen LogP contribution in [0.25, 0.3) is 23.3 Å². The number of halogens is 2. The number of fused-ring (bicyclic) bond motifs is 1. The van der Waals surface area contributed by atoms with Gasteiger partial charge >= 0.3 is 0 Å². The van der Waals surface area contributed by atoms with Crippen LogP contribution < -0.4 is 0 Å². The summed E-state index contributed by atoms with van der Waals surface area (Å²) >= 11 is 0. The third-order valence-electron chi connectivity index (χ3n) is 3.48. The minimum Gasteiger partial charge on any atom is -0.437 e. The van der Waals surface area contributed by atoms with E-state index in [9.17, 15) is 17.2 Å². The van der Waals surface area contributed by atoms with Crippen LogP contribution in [0.2, 0.25) is 0 Å². The van der Waals surface area contributed by atoms with Crippen molar-refractivity contribution in [3.8, 4) is 0 Å². The first-order valence-corrected chi connectivity index (χ1v) is 8.81. The minimum absolute atomic E-state index is 0.000745. The number of sulfone groups is 1. The van der Waals surface area contributed by atoms with Crippen LogP contribution >= 0.6 is 0 Å². The quantitative estimate of drug-likeness (QED) is 0.712. The van der Waals surface area contributed by atoms with Gasteiger partial charge in [0, 0.05) is 6.08 Å². The normalized spacial score (nSPS) is 12.3. The molecule has 0 saturated heterocycles. The molecule has 4 nitrogen and oxygen atoms in total. The molecule has 0 aliphatic rings. The second-order valence-electron chi connectivity index (χ2n) is 5.09. The smallest absolute Gasteiger partial charge is 0.220 e. The average Bonchev–Trinajstić information content (AvgIpc) is 2.98. The van der Waals surface area contributed by atoms with Gasteiger partial charge in [0.1, 0.15) is 5.52 Å². The third kappa shape index (κ3) is 3.21. The van der Waals surface area contributed by atoms with E-state index >= 15 is 0 Å². The molecule has 3 rings (SSSR count). The first kappa shape index (κ1) is 16.3. The summed E-state index contributed by atoms with van der Waals surface area (Å²) in [5, 5.41) is 0. The molecule has 0 N–H and O–H groups in total. The lowest BCUT2D eigenvalue weighted by Gasteiger charge is -1.99. The Hall–Kier alpha value is -2.54. The summed E-state index contributed by atoms with van der Waals surface area (Å²) < 4.78 is 55.3. The maximum absolute atomic E-state index is 13.2. The lowest BCUT2D eigenvalue weighted by molar-refractivity contribution is 0.508. The fourth-order valence-corrected chi connectivity index (χ4v) is 3.04. The maximum Gasteiger partial charge on any atom is 0.220 e. The Morgan fingerprint density at radius 2 is 1.88 bits per heavy atom. The molecule has 0 radical (unpaired) electrons. The molecule has 1 heterocycles. The van der Waals surface area contributed by atoms with Gasteiger partial charge in [-0.3, -0.25) is 0 Å². The van der Waals surface area contributed by atoms with Gasteiger partial charge in [0.05, 0.1) is 10.6 Å². The highest BCUT2D eigenvalue weighted by molar-refractivity contribution is 7.91. The van der Waals surface area contributed by atoms with Crippen molar-refractivity contribution in [2.24, 2.45) is 0 Å². The van der Waals surface area contributed by atoms with Crippen LogP contribution in [-0.4, -0.2) is 19.2 Å². The van der Waals surface area contributed by atoms with Crippen LogP contribution in [0.5, 0.6) is 0 Å². The summed E-state index contributed by atoms with van der Waals surface area (Å²) in [6, 6.07) is 7.97. The second-order valence-corrected chi connectivity index (χ2v) is 7.37. The zero-order valence-corrected chi connectivity index (χ0v) is 13.5. The monoisotopic (exact) mass is 349 g/mol. The molecule has 24 heavy (non-hydrogen) atoms. The van der Waals surface area contributed by atoms with E-state index in [1.807, 2.05) is 0 Å². The Bertz CT molecular complexity index is 1040. The fourth-order valence-electron chi connectivity index (χ4n) is 2.14. The van der Waals surface area contributed by atoms with E-state index in [1.54, 1.807) is 13.0 Å². The highest BCUT2D eigenvalue weighted by Crippen LogP contribution is 2.22. The van der Waals surface area contributed by atoms with Gasteiger partial charge < -0.3 is 4.42 Å². The Morgan fingerprint density at radius 1 is 1.08 bits per heavy atom. The molecule has 0 saturated carbocycles. The van der Waals surface area contributed by atoms with Gasteiger partial charge in [0.15, 0.2) is 27.1 Å². The molecular weight excluding hydrogens is 336 g/mol. The molecule has 0 fully saturated rings. The van der Waals surface area contributed by atoms with Crippen molar-refractivity contribution < 1.29 is 21.6 Å². The number of nitrogens with zero attached hydrogens (tertiary/aromatic N) is 1. The van der Waals surface area contributed by atoms with Crippen molar-refractivity contribution in [2.45, 2.75) is 11.8 Å². The van der Waals surface area contributed by atoms with E-state index < -0.39 is 21.5 Å². The summed E-state index contributed by atoms with van der Waals surface area (Å²) in [6.45, 7) is 1.57. The standard InChI is InChI=1S/C17H13F2NO3S/c1-2-24(21,22)12-5-7-16-15(10-12)20-17(23-16)8-4-11-3-6-13(18)14(19)9-11/h3-10H,2H2,1H3/b8-4+. The SMILES string of the molecule is CCS(=O)(=O)c1ccc2oc(/C=C/c3ccc(F)c(F)c3)nc2c1. The molecule has 2 aromatic carbocycles. The predicted octanol–water partition coefficient (Wildman–Crippen LogP) is 4.07. The molecule has 3 aromatic rings. The molecule has 0 bridgehead atoms. The van der Waals surface area contributed by atoms with Crippen LogP contribution in [-0.2, 0) is 9.84 Å². The Labute approximate surface area is 137 Å². The molecule has 0 spiro atoms. The first-order chi connectivity index (χ1) is 11.4. The van der Waals surface area contributed by atoms with Crippen LogP contribution in [0, 0.1) is 11.6 Å². The zero-order valence-electron chi connectivity index (χ0n) is 12.7. The van der Waals surface area contributed by atoms with E-state index in [2.05, 4.69) is 4.98 Å². The Morgan fingerprint density at radius 3 is 2.58 bits per heavy atom. The lowest BCUT2D eigenvalue weighted by atomic mass is 10.2. The average molecular weight is 349 g/mol. The summed E-state index contributed by atoms with van der Waals surface area (Å²) in [7, 11) is -3.32. The number of hydrogen-bond donors (Lipinski definition) is 0. The number of rotatable bonds is 4. The minimum atomic E-state index is -3.32. The molecular formula is C17H13F2NO3S. The van der Waals surface area contributed by atoms with Crippen LogP contribution in [0.1, 0.15) is 18.4 Å². The number of aromatic nitrogens is 1. The van der Waals surface area contributed by atoms with Gasteiger partial charge in [0.2, 0.25) is 5.89 Å². The highest BCUT2D eigenvalue weighted by Gasteiger charge is 2.14. The van der Waals surface area contributed by atoms with Crippen molar-refractivity contribution >= 4 is 33.1 Å². The van der Waals surface area contributed by atoms with Crippen molar-refractivity contribution in [3.05, 3.63) is 59.5 Å². The van der Waals surface area contributed by atoms with Gasteiger partial charge in [0.25, 0.3) is 0 Å². The second kappa shape index (κ2) is 6.16. The van der Waals surface area contributed by atoms with Gasteiger partial charge in [-0.2, -0.15) is 0 Å². The highest BCUT2D eigenvalue weighted by atomic mass is 32.2. The fraction of sp³-hybridized carbons (Fsp3) is 0.118. The lowest BCUT2D eigenvalue weighted by Crippen LogP contribution is -2.03. The van der Waals surface area contributed by atoms with Gasteiger partial charge in [-0.05, 0) is 42.0 Å². The Balaban J connectivity index is 1.93. The molecule has 124 valence electrons. The van der Waals surface area contributed by atoms with Crippen molar-refractivity contribution in [2.75, 3.05) is 5.75 Å². The summed E-state index contributed by atoms with van der Waals surface area (Å²) in [6.07, 6.45) is 3.03. The summed E-state index contributed by atoms with van der Waals surface area (Å²) in [5.74, 6) is -1.62. The number of oxazole rings is 1. The Kier molecular flexibility index (Phi) is 4.19. The summed E-state index contributed by atoms with van der Waals surface area (Å²) in [5.41, 5.74) is 1.30. The summed E-state index contributed by atoms with van der Waals surface area (Å²) in [4.78, 5) is 4.37. The molecule has 0 amide bonds.